The molecule has 392 valence electrons. The number of aromatic nitrogens is 2. The Morgan fingerprint density at radius 1 is 0.622 bits per heavy atom. The van der Waals surface area contributed by atoms with Gasteiger partial charge in [-0.05, 0) is 157 Å². The van der Waals surface area contributed by atoms with Crippen molar-refractivity contribution in [3.8, 4) is 45.5 Å². The predicted octanol–water partition coefficient (Wildman–Crippen LogP) is 13.5. The van der Waals surface area contributed by atoms with Gasteiger partial charge < -0.3 is 47.8 Å². The van der Waals surface area contributed by atoms with Crippen LogP contribution >= 0.6 is 0 Å². The van der Waals surface area contributed by atoms with Crippen LogP contribution in [0.4, 0.5) is 4.79 Å². The number of esters is 1. The molecule has 12 nitrogen and oxygen atoms in total. The van der Waals surface area contributed by atoms with E-state index in [-0.39, 0.29) is 24.3 Å². The normalized spacial score (nSPS) is 20.3. The molecule has 74 heavy (non-hydrogen) atoms. The maximum atomic E-state index is 12.7. The number of carbonyl (C=O) groups is 2. The molecule has 2 aromatic heterocycles. The molecule has 0 bridgehead atoms. The predicted molar refractivity (Wildman–Crippen MR) is 291 cm³/mol. The van der Waals surface area contributed by atoms with Gasteiger partial charge >= 0.3 is 12.1 Å². The highest BCUT2D eigenvalue weighted by Crippen LogP contribution is 2.50. The lowest BCUT2D eigenvalue weighted by molar-refractivity contribution is 0.00771. The summed E-state index contributed by atoms with van der Waals surface area (Å²) in [6, 6.07) is 25.6. The van der Waals surface area contributed by atoms with Crippen LogP contribution in [0, 0.1) is 6.92 Å². The van der Waals surface area contributed by atoms with Crippen LogP contribution in [0.3, 0.4) is 0 Å². The minimum atomic E-state index is -0.529. The van der Waals surface area contributed by atoms with E-state index in [1.54, 1.807) is 10.5 Å². The number of nitrogens with zero attached hydrogens (tertiary/aromatic N) is 3. The van der Waals surface area contributed by atoms with Gasteiger partial charge in [-0.2, -0.15) is 0 Å². The second kappa shape index (κ2) is 21.6. The molecule has 2 saturated heterocycles. The standard InChI is InChI=1S/C34H42N2O6.C28H34N2O2/c1-34(2,3)42-33(38)35-16-8-11-25(21-35)41-24-13-15-27-29(20-24)40-18-17-36-28-19-23(32(37)39-4)12-14-26(28)30(31(27)36)22-9-6-5-7-10-22;1-19-9-11-23-25(16-19)30-14-15-31-26-17-21(32-22-8-5-13-29-18-22)10-12-24(26)28(30)27(23)20-6-3-2-4-7-20/h12-15,19-20,22,25H,5-11,16-18,21H2,1-4H3;9-12,16-17,20,22,29H,2-8,13-15,18H2,1H3. The molecule has 2 aliphatic carbocycles. The van der Waals surface area contributed by atoms with Gasteiger partial charge in [-0.25, -0.2) is 9.59 Å². The van der Waals surface area contributed by atoms with Gasteiger partial charge in [0, 0.05) is 58.2 Å². The number of fused-ring (bicyclic) bond motifs is 10. The first-order valence-electron chi connectivity index (χ1n) is 27.9. The third-order valence-corrected chi connectivity index (χ3v) is 16.3. The van der Waals surface area contributed by atoms with Crippen molar-refractivity contribution in [2.24, 2.45) is 0 Å². The van der Waals surface area contributed by atoms with Gasteiger partial charge in [0.1, 0.15) is 54.0 Å². The number of benzene rings is 4. The Labute approximate surface area is 436 Å². The first kappa shape index (κ1) is 50.0. The van der Waals surface area contributed by atoms with E-state index in [9.17, 15) is 9.59 Å². The first-order chi connectivity index (χ1) is 36.0. The minimum Gasteiger partial charge on any atom is -0.491 e. The highest BCUT2D eigenvalue weighted by Gasteiger charge is 2.33. The van der Waals surface area contributed by atoms with Gasteiger partial charge in [0.25, 0.3) is 0 Å². The van der Waals surface area contributed by atoms with Crippen molar-refractivity contribution in [3.05, 3.63) is 95.1 Å². The summed E-state index contributed by atoms with van der Waals surface area (Å²) in [4.78, 5) is 26.8. The molecule has 2 atom stereocenters. The number of methoxy groups -OCH3 is 1. The number of hydrogen-bond acceptors (Lipinski definition) is 9. The average molecular weight is 1010 g/mol. The number of likely N-dealkylation sites (tertiary alicyclic amines) is 1. The fourth-order valence-corrected chi connectivity index (χ4v) is 12.9. The molecule has 1 N–H and O–H groups in total. The fraction of sp³-hybridized carbons (Fsp3) is 0.516. The molecule has 0 spiro atoms. The second-order valence-corrected chi connectivity index (χ2v) is 22.6. The number of ether oxygens (including phenoxy) is 6. The highest BCUT2D eigenvalue weighted by molar-refractivity contribution is 5.99. The lowest BCUT2D eigenvalue weighted by atomic mass is 9.81. The monoisotopic (exact) mass is 1000 g/mol. The molecule has 6 aliphatic rings. The number of aryl methyl sites for hydroxylation is 1. The van der Waals surface area contributed by atoms with Crippen molar-refractivity contribution >= 4 is 33.9 Å². The highest BCUT2D eigenvalue weighted by atomic mass is 16.6. The third-order valence-electron chi connectivity index (χ3n) is 16.3. The molecule has 2 unspecified atom stereocenters. The Morgan fingerprint density at radius 3 is 1.76 bits per heavy atom. The van der Waals surface area contributed by atoms with Crippen LogP contribution in [0.5, 0.6) is 23.0 Å². The van der Waals surface area contributed by atoms with Gasteiger partial charge in [-0.15, -0.1) is 0 Å². The molecular formula is C62H76N4O8. The Balaban J connectivity index is 0.000000164. The molecule has 4 aromatic carbocycles. The van der Waals surface area contributed by atoms with E-state index in [1.165, 1.54) is 109 Å². The Bertz CT molecular complexity index is 3000. The SMILES string of the molecule is COC(=O)c1ccc2c(C3CCCCC3)c3n(c2c1)CCOc1cc(OC2CCCN(C(=O)OC(C)(C)C)C2)ccc1-3.Cc1ccc2c(C3CCCCC3)c3n(c2c1)CCOc1cc(OC2CCCNC2)ccc1-3. The zero-order valence-electron chi connectivity index (χ0n) is 44.4. The quantitative estimate of drug-likeness (QED) is 0.156. The third kappa shape index (κ3) is 10.4. The van der Waals surface area contributed by atoms with E-state index in [0.717, 1.165) is 85.8 Å². The van der Waals surface area contributed by atoms with Crippen LogP contribution in [0.1, 0.15) is 150 Å². The summed E-state index contributed by atoms with van der Waals surface area (Å²) < 4.78 is 40.9. The summed E-state index contributed by atoms with van der Waals surface area (Å²) in [5.74, 6) is 4.22. The van der Waals surface area contributed by atoms with Crippen LogP contribution in [0.2, 0.25) is 0 Å². The van der Waals surface area contributed by atoms with E-state index >= 15 is 0 Å². The van der Waals surface area contributed by atoms with Crippen molar-refractivity contribution in [1.82, 2.24) is 19.4 Å². The summed E-state index contributed by atoms with van der Waals surface area (Å²) in [6.07, 6.45) is 16.6. The molecule has 6 heterocycles. The maximum Gasteiger partial charge on any atom is 0.410 e. The summed E-state index contributed by atoms with van der Waals surface area (Å²) in [7, 11) is 1.42. The minimum absolute atomic E-state index is 0.115. The molecular weight excluding hydrogens is 929 g/mol. The fourth-order valence-electron chi connectivity index (χ4n) is 12.9. The molecule has 12 rings (SSSR count). The number of carbonyl (C=O) groups excluding carboxylic acids is 2. The van der Waals surface area contributed by atoms with E-state index in [0.29, 0.717) is 50.2 Å². The van der Waals surface area contributed by atoms with Gasteiger partial charge in [-0.3, -0.25) is 0 Å². The number of rotatable bonds is 7. The van der Waals surface area contributed by atoms with Gasteiger partial charge in [0.15, 0.2) is 0 Å². The maximum absolute atomic E-state index is 12.7. The van der Waals surface area contributed by atoms with Crippen molar-refractivity contribution < 1.29 is 38.0 Å². The van der Waals surface area contributed by atoms with Crippen LogP contribution in [-0.2, 0) is 22.6 Å². The Kier molecular flexibility index (Phi) is 14.6. The second-order valence-electron chi connectivity index (χ2n) is 22.6. The summed E-state index contributed by atoms with van der Waals surface area (Å²) in [5.41, 5.74) is 11.5. The van der Waals surface area contributed by atoms with Crippen molar-refractivity contribution in [2.75, 3.05) is 46.5 Å². The van der Waals surface area contributed by atoms with E-state index in [1.807, 2.05) is 45.0 Å². The largest absolute Gasteiger partial charge is 0.491 e. The lowest BCUT2D eigenvalue weighted by Crippen LogP contribution is -2.46. The Hall–Kier alpha value is -6.14. The van der Waals surface area contributed by atoms with Crippen LogP contribution in [0.15, 0.2) is 72.8 Å². The smallest absolute Gasteiger partial charge is 0.410 e. The van der Waals surface area contributed by atoms with Gasteiger partial charge in [0.2, 0.25) is 0 Å². The molecule has 4 fully saturated rings. The summed E-state index contributed by atoms with van der Waals surface area (Å²) in [6.45, 7) is 13.8. The van der Waals surface area contributed by atoms with Crippen LogP contribution in [-0.4, -0.2) is 90.4 Å². The molecule has 0 radical (unpaired) electrons. The first-order valence-corrected chi connectivity index (χ1v) is 27.9. The topological polar surface area (TPSA) is 115 Å². The summed E-state index contributed by atoms with van der Waals surface area (Å²) >= 11 is 0. The van der Waals surface area contributed by atoms with Crippen LogP contribution < -0.4 is 24.3 Å². The zero-order valence-corrected chi connectivity index (χ0v) is 44.4. The molecule has 4 aliphatic heterocycles. The molecule has 2 saturated carbocycles. The van der Waals surface area contributed by atoms with Crippen LogP contribution in [0.25, 0.3) is 44.3 Å². The van der Waals surface area contributed by atoms with E-state index in [2.05, 4.69) is 69.9 Å². The number of amides is 1. The summed E-state index contributed by atoms with van der Waals surface area (Å²) in [5, 5.41) is 6.10. The number of nitrogens with one attached hydrogen (secondary N) is 1. The number of piperidine rings is 2. The van der Waals surface area contributed by atoms with Crippen molar-refractivity contribution in [1.29, 1.82) is 0 Å². The van der Waals surface area contributed by atoms with Gasteiger partial charge in [-0.1, -0.05) is 56.7 Å². The van der Waals surface area contributed by atoms with Crippen molar-refractivity contribution in [3.63, 3.8) is 0 Å². The van der Waals surface area contributed by atoms with E-state index in [4.69, 9.17) is 28.4 Å². The van der Waals surface area contributed by atoms with E-state index < -0.39 is 5.60 Å². The Morgan fingerprint density at radius 2 is 1.19 bits per heavy atom. The van der Waals surface area contributed by atoms with Gasteiger partial charge in [0.05, 0.1) is 43.7 Å². The van der Waals surface area contributed by atoms with Crippen molar-refractivity contribution in [2.45, 2.75) is 160 Å². The molecule has 6 aromatic rings. The molecule has 12 heteroatoms. The lowest BCUT2D eigenvalue weighted by Gasteiger charge is -2.34. The average Bonchev–Trinajstić information content (AvgIpc) is 3.74. The zero-order chi connectivity index (χ0) is 50.9. The number of hydrogen-bond donors (Lipinski definition) is 1. The molecule has 1 amide bonds.